The van der Waals surface area contributed by atoms with Crippen LogP contribution in [0.3, 0.4) is 0 Å². The molecule has 1 aromatic rings. The molecule has 1 heterocycles. The van der Waals surface area contributed by atoms with Gasteiger partial charge >= 0.3 is 12.2 Å². The third-order valence-electron chi connectivity index (χ3n) is 2.33. The number of aromatic nitrogens is 3. The summed E-state index contributed by atoms with van der Waals surface area (Å²) in [5.41, 5.74) is 0. The second-order valence-corrected chi connectivity index (χ2v) is 4.13. The van der Waals surface area contributed by atoms with E-state index < -0.39 is 12.6 Å². The third kappa shape index (κ3) is 5.45. The molecule has 0 amide bonds. The van der Waals surface area contributed by atoms with Crippen molar-refractivity contribution in [2.45, 2.75) is 25.9 Å². The molecule has 0 unspecified atom stereocenters. The molecule has 0 radical (unpaired) electrons. The number of hydrogen-bond acceptors (Lipinski definition) is 6. The fourth-order valence-electron chi connectivity index (χ4n) is 1.28. The molecular weight excluding hydrogens is 275 g/mol. The van der Waals surface area contributed by atoms with Crippen molar-refractivity contribution in [2.24, 2.45) is 0 Å². The predicted molar refractivity (Wildman–Crippen MR) is 69.1 cm³/mol. The van der Waals surface area contributed by atoms with Crippen molar-refractivity contribution in [3.63, 3.8) is 0 Å². The first-order chi connectivity index (χ1) is 9.35. The van der Waals surface area contributed by atoms with E-state index in [0.717, 1.165) is 6.42 Å². The van der Waals surface area contributed by atoms with E-state index in [-0.39, 0.29) is 24.5 Å². The molecule has 0 bridgehead atoms. The predicted octanol–water partition coefficient (Wildman–Crippen LogP) is 2.09. The first kappa shape index (κ1) is 16.3. The Morgan fingerprint density at radius 1 is 1.25 bits per heavy atom. The molecule has 20 heavy (non-hydrogen) atoms. The molecule has 9 heteroatoms. The van der Waals surface area contributed by atoms with E-state index >= 15 is 0 Å². The zero-order valence-corrected chi connectivity index (χ0v) is 11.7. The standard InChI is InChI=1S/C11H18F3N5O/c1-4-7-20-10-17-8(15-2)16-9(18-10)19(3)6-5-11(12,13)14/h4-7H2,1-3H3,(H,15,16,17,18). The maximum absolute atomic E-state index is 12.2. The molecule has 0 saturated heterocycles. The second kappa shape index (κ2) is 7.11. The number of rotatable bonds is 7. The molecule has 0 aromatic carbocycles. The van der Waals surface area contributed by atoms with Crippen molar-refractivity contribution in [1.82, 2.24) is 15.0 Å². The van der Waals surface area contributed by atoms with Gasteiger partial charge in [-0.15, -0.1) is 0 Å². The smallest absolute Gasteiger partial charge is 0.390 e. The third-order valence-corrected chi connectivity index (χ3v) is 2.33. The van der Waals surface area contributed by atoms with E-state index in [4.69, 9.17) is 4.74 Å². The minimum absolute atomic E-state index is 0.0973. The van der Waals surface area contributed by atoms with Gasteiger partial charge in [0.2, 0.25) is 11.9 Å². The maximum Gasteiger partial charge on any atom is 0.390 e. The lowest BCUT2D eigenvalue weighted by molar-refractivity contribution is -0.132. The highest BCUT2D eigenvalue weighted by atomic mass is 19.4. The Kier molecular flexibility index (Phi) is 5.78. The molecule has 1 aromatic heterocycles. The normalized spacial score (nSPS) is 11.3. The fourth-order valence-corrected chi connectivity index (χ4v) is 1.28. The van der Waals surface area contributed by atoms with Gasteiger partial charge in [0, 0.05) is 20.6 Å². The van der Waals surface area contributed by atoms with E-state index in [9.17, 15) is 13.2 Å². The summed E-state index contributed by atoms with van der Waals surface area (Å²) in [5, 5.41) is 2.72. The van der Waals surface area contributed by atoms with E-state index in [1.807, 2.05) is 6.92 Å². The molecule has 1 rings (SSSR count). The van der Waals surface area contributed by atoms with Gasteiger partial charge in [-0.1, -0.05) is 6.92 Å². The average molecular weight is 293 g/mol. The van der Waals surface area contributed by atoms with Crippen molar-refractivity contribution < 1.29 is 17.9 Å². The molecule has 0 aliphatic carbocycles. The molecule has 0 aliphatic rings. The summed E-state index contributed by atoms with van der Waals surface area (Å²) in [6.07, 6.45) is -4.37. The van der Waals surface area contributed by atoms with Crippen molar-refractivity contribution in [3.05, 3.63) is 0 Å². The van der Waals surface area contributed by atoms with Crippen LogP contribution in [0.15, 0.2) is 0 Å². The lowest BCUT2D eigenvalue weighted by atomic mass is 10.4. The quantitative estimate of drug-likeness (QED) is 0.830. The van der Waals surface area contributed by atoms with Gasteiger partial charge in [0.25, 0.3) is 0 Å². The van der Waals surface area contributed by atoms with E-state index in [1.54, 1.807) is 7.05 Å². The Labute approximate surface area is 115 Å². The van der Waals surface area contributed by atoms with Gasteiger partial charge in [-0.05, 0) is 6.42 Å². The molecule has 0 aliphatic heterocycles. The minimum atomic E-state index is -4.21. The van der Waals surface area contributed by atoms with E-state index in [2.05, 4.69) is 20.3 Å². The molecule has 0 spiro atoms. The van der Waals surface area contributed by atoms with Crippen LogP contribution in [0.1, 0.15) is 19.8 Å². The summed E-state index contributed by atoms with van der Waals surface area (Å²) >= 11 is 0. The average Bonchev–Trinajstić information content (AvgIpc) is 2.41. The van der Waals surface area contributed by atoms with Crippen molar-refractivity contribution in [1.29, 1.82) is 0 Å². The fraction of sp³-hybridized carbons (Fsp3) is 0.727. The highest BCUT2D eigenvalue weighted by Crippen LogP contribution is 2.21. The lowest BCUT2D eigenvalue weighted by Crippen LogP contribution is -2.26. The number of anilines is 2. The van der Waals surface area contributed by atoms with Crippen molar-refractivity contribution >= 4 is 11.9 Å². The zero-order chi connectivity index (χ0) is 15.2. The van der Waals surface area contributed by atoms with Gasteiger partial charge in [0.15, 0.2) is 0 Å². The molecule has 0 atom stereocenters. The SMILES string of the molecule is CCCOc1nc(NC)nc(N(C)CCC(F)(F)F)n1. The van der Waals surface area contributed by atoms with Crippen molar-refractivity contribution in [3.8, 4) is 6.01 Å². The Morgan fingerprint density at radius 2 is 1.95 bits per heavy atom. The van der Waals surface area contributed by atoms with Crippen LogP contribution in [-0.2, 0) is 0 Å². The first-order valence-corrected chi connectivity index (χ1v) is 6.20. The van der Waals surface area contributed by atoms with E-state index in [0.29, 0.717) is 6.61 Å². The zero-order valence-electron chi connectivity index (χ0n) is 11.7. The van der Waals surface area contributed by atoms with Gasteiger partial charge in [-0.25, -0.2) is 0 Å². The topological polar surface area (TPSA) is 63.2 Å². The van der Waals surface area contributed by atoms with Gasteiger partial charge in [0.05, 0.1) is 13.0 Å². The highest BCUT2D eigenvalue weighted by Gasteiger charge is 2.27. The Balaban J connectivity index is 2.81. The second-order valence-electron chi connectivity index (χ2n) is 4.13. The summed E-state index contributed by atoms with van der Waals surface area (Å²) < 4.78 is 41.9. The first-order valence-electron chi connectivity index (χ1n) is 6.20. The van der Waals surface area contributed by atoms with Gasteiger partial charge in [0.1, 0.15) is 0 Å². The van der Waals surface area contributed by atoms with Crippen LogP contribution in [0, 0.1) is 0 Å². The summed E-state index contributed by atoms with van der Waals surface area (Å²) in [5.74, 6) is 0.389. The Bertz CT molecular complexity index is 427. The Hall–Kier alpha value is -1.80. The number of halogens is 3. The molecular formula is C11H18F3N5O. The molecule has 0 fully saturated rings. The summed E-state index contributed by atoms with van der Waals surface area (Å²) in [6.45, 7) is 2.12. The van der Waals surface area contributed by atoms with Crippen LogP contribution in [0.4, 0.5) is 25.1 Å². The van der Waals surface area contributed by atoms with Crippen LogP contribution in [-0.4, -0.2) is 48.4 Å². The minimum Gasteiger partial charge on any atom is -0.463 e. The van der Waals surface area contributed by atoms with Gasteiger partial charge in [-0.2, -0.15) is 28.1 Å². The van der Waals surface area contributed by atoms with Crippen LogP contribution >= 0.6 is 0 Å². The van der Waals surface area contributed by atoms with Crippen LogP contribution in [0.2, 0.25) is 0 Å². The highest BCUT2D eigenvalue weighted by molar-refractivity contribution is 5.37. The van der Waals surface area contributed by atoms with Crippen LogP contribution in [0.25, 0.3) is 0 Å². The van der Waals surface area contributed by atoms with E-state index in [1.165, 1.54) is 11.9 Å². The summed E-state index contributed by atoms with van der Waals surface area (Å²) in [7, 11) is 3.10. The number of hydrogen-bond donors (Lipinski definition) is 1. The number of ether oxygens (including phenoxy) is 1. The van der Waals surface area contributed by atoms with Gasteiger partial charge in [-0.3, -0.25) is 0 Å². The Morgan fingerprint density at radius 3 is 2.50 bits per heavy atom. The molecule has 0 saturated carbocycles. The number of nitrogens with zero attached hydrogens (tertiary/aromatic N) is 4. The monoisotopic (exact) mass is 293 g/mol. The lowest BCUT2D eigenvalue weighted by Gasteiger charge is -2.18. The van der Waals surface area contributed by atoms with Crippen LogP contribution in [0.5, 0.6) is 6.01 Å². The molecule has 1 N–H and O–H groups in total. The summed E-state index contributed by atoms with van der Waals surface area (Å²) in [4.78, 5) is 13.3. The largest absolute Gasteiger partial charge is 0.463 e. The summed E-state index contributed by atoms with van der Waals surface area (Å²) in [6, 6.07) is 0.0973. The molecule has 6 nitrogen and oxygen atoms in total. The number of nitrogens with one attached hydrogen (secondary N) is 1. The number of alkyl halides is 3. The maximum atomic E-state index is 12.2. The molecule has 114 valence electrons. The van der Waals surface area contributed by atoms with Gasteiger partial charge < -0.3 is 15.0 Å². The van der Waals surface area contributed by atoms with Crippen LogP contribution < -0.4 is 15.0 Å². The van der Waals surface area contributed by atoms with Crippen molar-refractivity contribution in [2.75, 3.05) is 37.5 Å².